The molecular formula is C16H25N3O2. The average Bonchev–Trinajstić information content (AvgIpc) is 2.36. The molecule has 1 heterocycles. The lowest BCUT2D eigenvalue weighted by molar-refractivity contribution is 0.0500. The number of amides is 1. The number of carbonyl (C=O) groups excluding carboxylic acids is 1. The molecule has 0 unspecified atom stereocenters. The fraction of sp³-hybridized carbons (Fsp3) is 0.562. The molecule has 1 aliphatic rings. The maximum atomic E-state index is 11.9. The van der Waals surface area contributed by atoms with Crippen LogP contribution in [-0.2, 0) is 4.74 Å². The van der Waals surface area contributed by atoms with Crippen LogP contribution in [-0.4, -0.2) is 30.8 Å². The maximum Gasteiger partial charge on any atom is 0.407 e. The van der Waals surface area contributed by atoms with Crippen molar-refractivity contribution in [3.8, 4) is 0 Å². The Bertz CT molecular complexity index is 497. The van der Waals surface area contributed by atoms with E-state index < -0.39 is 5.60 Å². The van der Waals surface area contributed by atoms with Crippen molar-refractivity contribution in [2.24, 2.45) is 0 Å². The van der Waals surface area contributed by atoms with Crippen molar-refractivity contribution >= 4 is 17.5 Å². The molecule has 3 N–H and O–H groups in total. The van der Waals surface area contributed by atoms with Gasteiger partial charge in [-0.25, -0.2) is 4.79 Å². The largest absolute Gasteiger partial charge is 0.444 e. The number of rotatable bonds is 2. The lowest BCUT2D eigenvalue weighted by Crippen LogP contribution is -2.49. The molecule has 116 valence electrons. The molecule has 1 amide bonds. The second kappa shape index (κ2) is 6.24. The minimum absolute atomic E-state index is 0.107. The molecule has 0 spiro atoms. The minimum Gasteiger partial charge on any atom is -0.444 e. The van der Waals surface area contributed by atoms with Gasteiger partial charge in [0.25, 0.3) is 0 Å². The van der Waals surface area contributed by atoms with Crippen LogP contribution in [0.4, 0.5) is 16.2 Å². The quantitative estimate of drug-likeness (QED) is 0.822. The third-order valence-electron chi connectivity index (χ3n) is 3.38. The summed E-state index contributed by atoms with van der Waals surface area (Å²) in [5, 5.41) is 2.96. The Balaban J connectivity index is 1.93. The van der Waals surface area contributed by atoms with E-state index in [0.717, 1.165) is 37.3 Å². The number of nitrogens with two attached hydrogens (primary N) is 1. The van der Waals surface area contributed by atoms with Gasteiger partial charge in [-0.3, -0.25) is 0 Å². The van der Waals surface area contributed by atoms with Crippen molar-refractivity contribution in [3.05, 3.63) is 24.3 Å². The molecule has 0 radical (unpaired) electrons. The molecule has 2 rings (SSSR count). The summed E-state index contributed by atoms with van der Waals surface area (Å²) in [6, 6.07) is 7.96. The average molecular weight is 291 g/mol. The molecule has 0 aliphatic carbocycles. The topological polar surface area (TPSA) is 67.6 Å². The van der Waals surface area contributed by atoms with Gasteiger partial charge in [0.05, 0.1) is 0 Å². The number of piperidine rings is 1. The molecule has 1 aromatic carbocycles. The Labute approximate surface area is 126 Å². The highest BCUT2D eigenvalue weighted by Gasteiger charge is 2.24. The molecule has 5 heteroatoms. The monoisotopic (exact) mass is 291 g/mol. The van der Waals surface area contributed by atoms with Gasteiger partial charge < -0.3 is 20.7 Å². The number of hydrogen-bond donors (Lipinski definition) is 2. The third-order valence-corrected chi connectivity index (χ3v) is 3.38. The highest BCUT2D eigenvalue weighted by molar-refractivity contribution is 5.68. The molecule has 1 aliphatic heterocycles. The minimum atomic E-state index is -0.466. The molecule has 1 fully saturated rings. The van der Waals surface area contributed by atoms with Crippen molar-refractivity contribution in [2.75, 3.05) is 23.7 Å². The van der Waals surface area contributed by atoms with Gasteiger partial charge in [-0.15, -0.1) is 0 Å². The van der Waals surface area contributed by atoms with E-state index in [4.69, 9.17) is 10.5 Å². The second-order valence-corrected chi connectivity index (χ2v) is 6.53. The molecule has 21 heavy (non-hydrogen) atoms. The van der Waals surface area contributed by atoms with Crippen LogP contribution in [0.15, 0.2) is 24.3 Å². The van der Waals surface area contributed by atoms with Gasteiger partial charge in [-0.05, 0) is 51.8 Å². The maximum absolute atomic E-state index is 11.9. The van der Waals surface area contributed by atoms with Gasteiger partial charge in [0.15, 0.2) is 0 Å². The Morgan fingerprint density at radius 1 is 1.43 bits per heavy atom. The zero-order valence-corrected chi connectivity index (χ0v) is 13.1. The van der Waals surface area contributed by atoms with Crippen LogP contribution >= 0.6 is 0 Å². The summed E-state index contributed by atoms with van der Waals surface area (Å²) in [5.74, 6) is 0. The third kappa shape index (κ3) is 4.85. The first kappa shape index (κ1) is 15.5. The van der Waals surface area contributed by atoms with E-state index in [0.29, 0.717) is 0 Å². The first-order chi connectivity index (χ1) is 9.83. The van der Waals surface area contributed by atoms with E-state index in [1.54, 1.807) is 0 Å². The van der Waals surface area contributed by atoms with Crippen LogP contribution in [0, 0.1) is 0 Å². The van der Waals surface area contributed by atoms with Crippen molar-refractivity contribution < 1.29 is 9.53 Å². The molecule has 5 nitrogen and oxygen atoms in total. The summed E-state index contributed by atoms with van der Waals surface area (Å²) in [6.07, 6.45) is 1.66. The summed E-state index contributed by atoms with van der Waals surface area (Å²) in [5.41, 5.74) is 7.23. The first-order valence-corrected chi connectivity index (χ1v) is 7.43. The van der Waals surface area contributed by atoms with E-state index in [1.807, 2.05) is 45.0 Å². The van der Waals surface area contributed by atoms with E-state index >= 15 is 0 Å². The number of benzene rings is 1. The number of alkyl carbamates (subject to hydrolysis) is 1. The Morgan fingerprint density at radius 3 is 2.86 bits per heavy atom. The number of nitrogens with zero attached hydrogens (tertiary/aromatic N) is 1. The summed E-state index contributed by atoms with van der Waals surface area (Å²) in [6.45, 7) is 7.37. The number of anilines is 2. The van der Waals surface area contributed by atoms with Gasteiger partial charge in [0, 0.05) is 30.5 Å². The number of hydrogen-bond acceptors (Lipinski definition) is 4. The molecule has 1 aromatic rings. The van der Waals surface area contributed by atoms with Crippen molar-refractivity contribution in [3.63, 3.8) is 0 Å². The summed E-state index contributed by atoms with van der Waals surface area (Å²) in [7, 11) is 0. The van der Waals surface area contributed by atoms with E-state index in [2.05, 4.69) is 10.2 Å². The predicted octanol–water partition coefficient (Wildman–Crippen LogP) is 2.76. The number of nitrogens with one attached hydrogen (secondary N) is 1. The van der Waals surface area contributed by atoms with Gasteiger partial charge in [0.2, 0.25) is 0 Å². The first-order valence-electron chi connectivity index (χ1n) is 7.43. The normalized spacial score (nSPS) is 19.2. The highest BCUT2D eigenvalue weighted by Crippen LogP contribution is 2.22. The van der Waals surface area contributed by atoms with Crippen LogP contribution in [0.25, 0.3) is 0 Å². The smallest absolute Gasteiger partial charge is 0.407 e. The van der Waals surface area contributed by atoms with E-state index in [-0.39, 0.29) is 12.1 Å². The Hall–Kier alpha value is -1.91. The number of carbonyl (C=O) groups is 1. The van der Waals surface area contributed by atoms with Crippen LogP contribution < -0.4 is 16.0 Å². The van der Waals surface area contributed by atoms with Gasteiger partial charge in [0.1, 0.15) is 5.60 Å². The standard InChI is InChI=1S/C16H25N3O2/c1-16(2,3)21-15(20)18-13-7-5-9-19(11-13)14-8-4-6-12(17)10-14/h4,6,8,10,13H,5,7,9,11,17H2,1-3H3,(H,18,20)/t13-/m0/s1. The summed E-state index contributed by atoms with van der Waals surface area (Å²) < 4.78 is 5.31. The zero-order valence-electron chi connectivity index (χ0n) is 13.1. The number of nitrogen functional groups attached to an aromatic ring is 1. The highest BCUT2D eigenvalue weighted by atomic mass is 16.6. The van der Waals surface area contributed by atoms with Crippen LogP contribution in [0.1, 0.15) is 33.6 Å². The van der Waals surface area contributed by atoms with Crippen LogP contribution in [0.2, 0.25) is 0 Å². The molecular weight excluding hydrogens is 266 g/mol. The lowest BCUT2D eigenvalue weighted by atomic mass is 10.0. The molecule has 1 saturated heterocycles. The van der Waals surface area contributed by atoms with Gasteiger partial charge in [-0.1, -0.05) is 6.07 Å². The lowest BCUT2D eigenvalue weighted by Gasteiger charge is -2.35. The van der Waals surface area contributed by atoms with Gasteiger partial charge >= 0.3 is 6.09 Å². The predicted molar refractivity (Wildman–Crippen MR) is 85.5 cm³/mol. The van der Waals surface area contributed by atoms with Crippen molar-refractivity contribution in [2.45, 2.75) is 45.3 Å². The van der Waals surface area contributed by atoms with Crippen LogP contribution in [0.5, 0.6) is 0 Å². The van der Waals surface area contributed by atoms with E-state index in [9.17, 15) is 4.79 Å². The fourth-order valence-corrected chi connectivity index (χ4v) is 2.53. The zero-order chi connectivity index (χ0) is 15.5. The van der Waals surface area contributed by atoms with Crippen molar-refractivity contribution in [1.29, 1.82) is 0 Å². The molecule has 0 bridgehead atoms. The number of ether oxygens (including phenoxy) is 1. The van der Waals surface area contributed by atoms with Gasteiger partial charge in [-0.2, -0.15) is 0 Å². The Kier molecular flexibility index (Phi) is 4.60. The summed E-state index contributed by atoms with van der Waals surface area (Å²) in [4.78, 5) is 14.1. The summed E-state index contributed by atoms with van der Waals surface area (Å²) >= 11 is 0. The second-order valence-electron chi connectivity index (χ2n) is 6.53. The van der Waals surface area contributed by atoms with Crippen LogP contribution in [0.3, 0.4) is 0 Å². The van der Waals surface area contributed by atoms with E-state index in [1.165, 1.54) is 0 Å². The fourth-order valence-electron chi connectivity index (χ4n) is 2.53. The van der Waals surface area contributed by atoms with Crippen molar-refractivity contribution in [1.82, 2.24) is 5.32 Å². The Morgan fingerprint density at radius 2 is 2.19 bits per heavy atom. The SMILES string of the molecule is CC(C)(C)OC(=O)N[C@H]1CCCN(c2cccc(N)c2)C1. The molecule has 1 atom stereocenters. The molecule has 0 aromatic heterocycles. The molecule has 0 saturated carbocycles.